The molecule has 123 heavy (non-hydrogen) atoms. The van der Waals surface area contributed by atoms with Gasteiger partial charge in [-0.05, 0) is 204 Å². The zero-order valence-electron chi connectivity index (χ0n) is 64.5. The molecule has 0 bridgehead atoms. The number of esters is 6. The highest BCUT2D eigenvalue weighted by Crippen LogP contribution is 2.37. The second-order valence-corrected chi connectivity index (χ2v) is 32.7. The van der Waals surface area contributed by atoms with Crippen molar-refractivity contribution in [2.75, 3.05) is 38.5 Å². The predicted octanol–water partition coefficient (Wildman–Crippen LogP) is 25.7. The van der Waals surface area contributed by atoms with E-state index in [1.54, 1.807) is 179 Å². The van der Waals surface area contributed by atoms with E-state index in [0.717, 1.165) is 39.3 Å². The van der Waals surface area contributed by atoms with Gasteiger partial charge in [-0.3, -0.25) is 19.8 Å². The number of nitrogens with zero attached hydrogens (tertiary/aromatic N) is 7. The van der Waals surface area contributed by atoms with Gasteiger partial charge in [0.15, 0.2) is 17.1 Å². The van der Waals surface area contributed by atoms with E-state index >= 15 is 0 Å². The van der Waals surface area contributed by atoms with Crippen molar-refractivity contribution < 1.29 is 76.7 Å². The molecule has 1 unspecified atom stereocenters. The second-order valence-electron chi connectivity index (χ2n) is 23.5. The number of fused-ring (bicyclic) bond motifs is 2. The number of hydrogen-bond donors (Lipinski definition) is 2. The number of ether oxygens (including phenoxy) is 6. The Bertz CT molecular complexity index is 5830. The number of hydrogen-bond acceptors (Lipinski definition) is 21. The minimum absolute atomic E-state index is 0.0245. The lowest BCUT2D eigenvalue weighted by Crippen LogP contribution is -2.39. The molecular formula is C84H64Br6Cl9N8O16+. The van der Waals surface area contributed by atoms with Gasteiger partial charge in [-0.15, -0.1) is 10.2 Å². The summed E-state index contributed by atoms with van der Waals surface area (Å²) in [5, 5.41) is 33.6. The van der Waals surface area contributed by atoms with Gasteiger partial charge in [-0.2, -0.15) is 15.3 Å². The van der Waals surface area contributed by atoms with Crippen LogP contribution in [0.2, 0.25) is 40.2 Å². The lowest BCUT2D eigenvalue weighted by molar-refractivity contribution is -0.183. The molecule has 0 amide bonds. The zero-order chi connectivity index (χ0) is 90.8. The third-order valence-electron chi connectivity index (χ3n) is 15.0. The number of carbonyl (C=O) groups excluding carboxylic acids is 8. The number of benzene rings is 9. The molecule has 1 atom stereocenters. The van der Waals surface area contributed by atoms with E-state index in [-0.39, 0.29) is 66.4 Å². The molecule has 0 saturated heterocycles. The van der Waals surface area contributed by atoms with Crippen molar-refractivity contribution in [1.29, 1.82) is 0 Å². The minimum Gasteiger partial charge on any atom is -0.476 e. The summed E-state index contributed by atoms with van der Waals surface area (Å²) in [7, 11) is 0. The number of Topliss-reactive ketones (excluding diaryl/α,β-unsaturated/α-hetero) is 1. The van der Waals surface area contributed by atoms with Crippen molar-refractivity contribution in [3.8, 4) is 11.4 Å². The van der Waals surface area contributed by atoms with E-state index in [1.807, 2.05) is 54.6 Å². The van der Waals surface area contributed by atoms with Crippen LogP contribution in [0.3, 0.4) is 0 Å². The fraction of sp³-hybridized carbons (Fsp3) is 0.143. The first kappa shape index (κ1) is 103. The Morgan fingerprint density at radius 2 is 0.927 bits per heavy atom. The number of halogens is 15. The zero-order valence-corrected chi connectivity index (χ0v) is 80.9. The molecule has 0 radical (unpaired) electrons. The molecule has 2 aromatic heterocycles. The number of aromatic carboxylic acids is 1. The SMILES string of the molecule is BrC1=CC=C[C+]=C1.CCOC(=O)/C(=N/Nc1ccc(Cl)cc1Cl)c1ccc(Br)cc1.CCOC(=O)C(=O)Cl.CCOC(=O)C(=O)c1ccc(Br)cc1.CCOC(=O)C(N=Nc1ccc(Cl)cc1Cl)(OC(C)=O)c1ccc(Br)cc1.CCOC(=O)c1nn(-c2ccc(Cl)cc2Cl)c2cc(Br)ccc12.O=C(O)c1nn(-c2ccc(Cl)cc2Cl)c2cc(Br)ccc12. The van der Waals surface area contributed by atoms with Gasteiger partial charge < -0.3 is 33.5 Å². The summed E-state index contributed by atoms with van der Waals surface area (Å²) in [4.78, 5) is 102. The van der Waals surface area contributed by atoms with Gasteiger partial charge in [-0.25, -0.2) is 38.1 Å². The molecule has 2 heterocycles. The van der Waals surface area contributed by atoms with Crippen LogP contribution in [0, 0.1) is 6.08 Å². The number of anilines is 1. The molecule has 1 aliphatic rings. The molecule has 9 aromatic carbocycles. The van der Waals surface area contributed by atoms with E-state index in [1.165, 1.54) is 16.8 Å². The Balaban J connectivity index is 0.000000230. The van der Waals surface area contributed by atoms with Crippen molar-refractivity contribution in [3.05, 3.63) is 307 Å². The molecule has 0 aliphatic heterocycles. The van der Waals surface area contributed by atoms with E-state index in [9.17, 15) is 48.3 Å². The Hall–Kier alpha value is -8.76. The highest BCUT2D eigenvalue weighted by Gasteiger charge is 2.47. The van der Waals surface area contributed by atoms with Crippen LogP contribution in [0.4, 0.5) is 11.4 Å². The van der Waals surface area contributed by atoms with Crippen LogP contribution in [0.1, 0.15) is 84.0 Å². The lowest BCUT2D eigenvalue weighted by Gasteiger charge is -2.26. The highest BCUT2D eigenvalue weighted by molar-refractivity contribution is 9.12. The van der Waals surface area contributed by atoms with E-state index in [2.05, 4.69) is 142 Å². The van der Waals surface area contributed by atoms with Crippen molar-refractivity contribution in [1.82, 2.24) is 19.6 Å². The van der Waals surface area contributed by atoms with Gasteiger partial charge >= 0.3 is 52.8 Å². The summed E-state index contributed by atoms with van der Waals surface area (Å²) in [6.07, 6.45) is 10.6. The molecule has 640 valence electrons. The largest absolute Gasteiger partial charge is 0.476 e. The first-order valence-electron chi connectivity index (χ1n) is 35.4. The summed E-state index contributed by atoms with van der Waals surface area (Å²) < 4.78 is 37.7. The van der Waals surface area contributed by atoms with Crippen molar-refractivity contribution >= 4 is 292 Å². The number of carboxylic acid groups (broad SMARTS) is 1. The molecule has 0 saturated carbocycles. The van der Waals surface area contributed by atoms with Gasteiger partial charge in [-0.1, -0.05) is 197 Å². The molecule has 24 nitrogen and oxygen atoms in total. The highest BCUT2D eigenvalue weighted by atomic mass is 79.9. The van der Waals surface area contributed by atoms with Crippen molar-refractivity contribution in [2.24, 2.45) is 15.3 Å². The Morgan fingerprint density at radius 1 is 0.488 bits per heavy atom. The molecule has 0 fully saturated rings. The van der Waals surface area contributed by atoms with E-state index < -0.39 is 58.5 Å². The van der Waals surface area contributed by atoms with E-state index in [4.69, 9.17) is 123 Å². The number of hydrazone groups is 1. The van der Waals surface area contributed by atoms with Gasteiger partial charge in [0.25, 0.3) is 5.78 Å². The third-order valence-corrected chi connectivity index (χ3v) is 20.4. The van der Waals surface area contributed by atoms with Gasteiger partial charge in [0.2, 0.25) is 0 Å². The summed E-state index contributed by atoms with van der Waals surface area (Å²) >= 11 is 72.9. The normalized spacial score (nSPS) is 11.5. The number of allylic oxidation sites excluding steroid dienone is 6. The quantitative estimate of drug-likeness (QED) is 0.00777. The maximum absolute atomic E-state index is 12.7. The van der Waals surface area contributed by atoms with Crippen LogP contribution in [0.15, 0.2) is 248 Å². The average molecular weight is 2240 g/mol. The second kappa shape index (κ2) is 51.6. The molecule has 39 heteroatoms. The first-order chi connectivity index (χ1) is 58.5. The van der Waals surface area contributed by atoms with E-state index in [0.29, 0.717) is 79.6 Å². The maximum Gasteiger partial charge on any atom is 0.391 e. The summed E-state index contributed by atoms with van der Waals surface area (Å²) in [5.74, 6) is -6.10. The summed E-state index contributed by atoms with van der Waals surface area (Å²) in [6, 6.07) is 50.6. The number of rotatable bonds is 21. The summed E-state index contributed by atoms with van der Waals surface area (Å²) in [6.45, 7) is 10.5. The van der Waals surface area contributed by atoms with Crippen LogP contribution in [0.5, 0.6) is 0 Å². The van der Waals surface area contributed by atoms with Crippen molar-refractivity contribution in [3.63, 3.8) is 0 Å². The molecule has 12 rings (SSSR count). The fourth-order valence-corrected chi connectivity index (χ4v) is 13.4. The summed E-state index contributed by atoms with van der Waals surface area (Å²) in [5.41, 5.74) is 5.67. The number of ketones is 1. The molecule has 1 aliphatic carbocycles. The van der Waals surface area contributed by atoms with Crippen LogP contribution in [-0.2, 0) is 62.9 Å². The van der Waals surface area contributed by atoms with Crippen molar-refractivity contribution in [2.45, 2.75) is 47.3 Å². The first-order valence-corrected chi connectivity index (χ1v) is 43.5. The maximum atomic E-state index is 12.7. The Labute approximate surface area is 799 Å². The standard InChI is InChI=1S/C18H15BrCl2N2O4.C16H11BrCl2N2O2.C16H13BrCl2N2O2.C14H7BrCl2N2O2.C10H9BrO3.C6H4Br.C4H5ClO3/c1-3-26-17(25)18(27-11(2)24,12-4-6-13(19)7-5-12)23-22-16-9-8-14(20)10-15(16)21;1-2-23-16(22)15-11-5-3-9(17)7-14(11)21(20-15)13-6-4-10(18)8-12(13)19;1-2-23-16(22)15(10-3-5-11(17)6-4-10)21-20-14-8-7-12(18)9-13(14)19;15-7-1-3-9-12(5-7)19(18-13(9)14(20)21)11-4-2-8(16)6-10(11)17;1-2-14-10(13)9(12)7-3-5-8(11)6-4-7;7-6-4-2-1-3-5-6;1-2-8-4(7)3(5)6/h4-10H,3H2,1-2H3;3-8H,2H2,1H3;3-9,20H,2H2,1H3;1-6H,(H,20,21);3-6H,2H2,1H3;1-2,4-5H;2H2,1H3/q;;;;;+1;/b;;21-15+;;;;. The third kappa shape index (κ3) is 31.7. The number of nitrogens with one attached hydrogen (secondary N) is 1. The fourth-order valence-electron chi connectivity index (χ4n) is 9.70. The number of carbonyl (C=O) groups is 9. The van der Waals surface area contributed by atoms with Crippen LogP contribution in [0.25, 0.3) is 33.2 Å². The minimum atomic E-state index is -2.11. The average Bonchev–Trinajstić information content (AvgIpc) is 1.56. The Morgan fingerprint density at radius 3 is 1.36 bits per heavy atom. The predicted molar refractivity (Wildman–Crippen MR) is 500 cm³/mol. The Kier molecular flexibility index (Phi) is 43.2. The van der Waals surface area contributed by atoms with Gasteiger partial charge in [0, 0.05) is 105 Å². The topological polar surface area (TPSA) is 314 Å². The van der Waals surface area contributed by atoms with Gasteiger partial charge in [0.1, 0.15) is 22.3 Å². The monoisotopic (exact) mass is 2230 g/mol. The van der Waals surface area contributed by atoms with Crippen LogP contribution >= 0.6 is 200 Å². The molecule has 11 aromatic rings. The smallest absolute Gasteiger partial charge is 0.391 e. The van der Waals surface area contributed by atoms with Crippen LogP contribution in [-0.4, -0.2) is 116 Å². The number of aromatic nitrogens is 4. The molecule has 0 spiro atoms. The number of carboxylic acids is 1. The van der Waals surface area contributed by atoms with Crippen LogP contribution < -0.4 is 5.43 Å². The lowest BCUT2D eigenvalue weighted by atomic mass is 10.0. The van der Waals surface area contributed by atoms with Gasteiger partial charge in [0.05, 0.1) is 87.3 Å². The molecule has 2 N–H and O–H groups in total. The number of azo groups is 1. The molecular weight excluding hydrogens is 2180 g/mol.